The van der Waals surface area contributed by atoms with E-state index in [4.69, 9.17) is 9.73 Å². The molecule has 0 aliphatic carbocycles. The number of aromatic nitrogens is 1. The maximum atomic E-state index is 13.3. The van der Waals surface area contributed by atoms with Gasteiger partial charge >= 0.3 is 6.18 Å². The Balaban J connectivity index is 0.00000363. The Kier molecular flexibility index (Phi) is 10.2. The van der Waals surface area contributed by atoms with Crippen molar-refractivity contribution in [3.05, 3.63) is 65.5 Å². The molecule has 1 aliphatic rings. The van der Waals surface area contributed by atoms with Crippen LogP contribution in [0.4, 0.5) is 13.2 Å². The highest BCUT2D eigenvalue weighted by Crippen LogP contribution is 2.38. The number of aliphatic imine (C=N–C) groups is 1. The summed E-state index contributed by atoms with van der Waals surface area (Å²) in [6.45, 7) is 4.73. The Morgan fingerprint density at radius 2 is 1.91 bits per heavy atom. The molecule has 0 atom stereocenters. The van der Waals surface area contributed by atoms with Gasteiger partial charge in [-0.05, 0) is 43.5 Å². The number of guanidine groups is 1. The normalized spacial score (nSPS) is 16.2. The van der Waals surface area contributed by atoms with Crippen molar-refractivity contribution in [1.82, 2.24) is 15.6 Å². The third-order valence-corrected chi connectivity index (χ3v) is 5.54. The first-order valence-corrected chi connectivity index (χ1v) is 10.6. The monoisotopic (exact) mass is 562 g/mol. The third kappa shape index (κ3) is 7.33. The highest BCUT2D eigenvalue weighted by Gasteiger charge is 2.37. The molecule has 2 heterocycles. The number of benzene rings is 1. The summed E-state index contributed by atoms with van der Waals surface area (Å²) in [4.78, 5) is 9.06. The first-order chi connectivity index (χ1) is 14.9. The molecule has 0 spiro atoms. The topological polar surface area (TPSA) is 58.5 Å². The Bertz CT molecular complexity index is 856. The number of nitrogens with zero attached hydrogens (tertiary/aromatic N) is 2. The van der Waals surface area contributed by atoms with Gasteiger partial charge in [0.1, 0.15) is 0 Å². The number of halogens is 4. The highest BCUT2D eigenvalue weighted by atomic mass is 127. The Morgan fingerprint density at radius 1 is 1.12 bits per heavy atom. The number of hydrogen-bond acceptors (Lipinski definition) is 3. The molecule has 1 aromatic carbocycles. The number of hydrogen-bond donors (Lipinski definition) is 2. The van der Waals surface area contributed by atoms with Crippen LogP contribution in [-0.4, -0.2) is 43.8 Å². The predicted molar refractivity (Wildman–Crippen MR) is 131 cm³/mol. The maximum absolute atomic E-state index is 13.3. The molecule has 1 aromatic heterocycles. The molecular formula is C23H30F3IN4O. The molecule has 0 radical (unpaired) electrons. The van der Waals surface area contributed by atoms with E-state index in [0.29, 0.717) is 57.2 Å². The second-order valence-corrected chi connectivity index (χ2v) is 7.66. The summed E-state index contributed by atoms with van der Waals surface area (Å²) >= 11 is 0. The lowest BCUT2D eigenvalue weighted by Gasteiger charge is -2.37. The lowest BCUT2D eigenvalue weighted by molar-refractivity contribution is -0.137. The summed E-state index contributed by atoms with van der Waals surface area (Å²) in [7, 11) is 0. The first-order valence-electron chi connectivity index (χ1n) is 10.6. The van der Waals surface area contributed by atoms with Crippen LogP contribution in [0.3, 0.4) is 0 Å². The van der Waals surface area contributed by atoms with Crippen LogP contribution >= 0.6 is 24.0 Å². The second-order valence-electron chi connectivity index (χ2n) is 7.66. The van der Waals surface area contributed by atoms with Gasteiger partial charge in [-0.15, -0.1) is 24.0 Å². The van der Waals surface area contributed by atoms with Gasteiger partial charge in [0.2, 0.25) is 0 Å². The maximum Gasteiger partial charge on any atom is 0.416 e. The predicted octanol–water partition coefficient (Wildman–Crippen LogP) is 4.56. The molecule has 3 rings (SSSR count). The fourth-order valence-corrected chi connectivity index (χ4v) is 3.75. The SMILES string of the molecule is CCNC(=NCC1(c2cccc(C(F)(F)F)c2)CCOCC1)NCCc1ccccn1.I. The average Bonchev–Trinajstić information content (AvgIpc) is 2.78. The van der Waals surface area contributed by atoms with Crippen LogP contribution in [-0.2, 0) is 22.7 Å². The number of alkyl halides is 3. The number of ether oxygens (including phenoxy) is 1. The smallest absolute Gasteiger partial charge is 0.381 e. The summed E-state index contributed by atoms with van der Waals surface area (Å²) in [6.07, 6.45) is -0.597. The van der Waals surface area contributed by atoms with Crippen LogP contribution < -0.4 is 10.6 Å². The van der Waals surface area contributed by atoms with E-state index in [-0.39, 0.29) is 24.0 Å². The molecule has 0 bridgehead atoms. The van der Waals surface area contributed by atoms with E-state index in [1.807, 2.05) is 25.1 Å². The molecule has 0 saturated carbocycles. The van der Waals surface area contributed by atoms with Gasteiger partial charge in [0.05, 0.1) is 12.1 Å². The van der Waals surface area contributed by atoms with E-state index in [0.717, 1.165) is 18.2 Å². The largest absolute Gasteiger partial charge is 0.416 e. The zero-order valence-corrected chi connectivity index (χ0v) is 20.5. The number of pyridine rings is 1. The van der Waals surface area contributed by atoms with Crippen LogP contribution in [0, 0.1) is 0 Å². The standard InChI is InChI=1S/C23H29F3N4O.HI/c1-2-27-21(29-13-9-20-8-3-4-12-28-20)30-17-22(10-14-31-15-11-22)18-6-5-7-19(16-18)23(24,25)26;/h3-8,12,16H,2,9-11,13-15,17H2,1H3,(H2,27,29,30);1H. The minimum atomic E-state index is -4.37. The Labute approximate surface area is 204 Å². The van der Waals surface area contributed by atoms with Gasteiger partial charge in [0.15, 0.2) is 5.96 Å². The molecule has 0 unspecified atom stereocenters. The van der Waals surface area contributed by atoms with E-state index in [1.54, 1.807) is 12.3 Å². The van der Waals surface area contributed by atoms with Crippen molar-refractivity contribution in [3.8, 4) is 0 Å². The summed E-state index contributed by atoms with van der Waals surface area (Å²) in [5.74, 6) is 0.649. The lowest BCUT2D eigenvalue weighted by atomic mass is 9.74. The van der Waals surface area contributed by atoms with Crippen molar-refractivity contribution in [2.24, 2.45) is 4.99 Å². The number of rotatable bonds is 7. The molecule has 1 fully saturated rings. The molecule has 1 aliphatic heterocycles. The summed E-state index contributed by atoms with van der Waals surface area (Å²) in [5.41, 5.74) is 0.540. The Morgan fingerprint density at radius 3 is 2.56 bits per heavy atom. The minimum absolute atomic E-state index is 0. The molecule has 1 saturated heterocycles. The zero-order valence-electron chi connectivity index (χ0n) is 18.1. The van der Waals surface area contributed by atoms with Crippen molar-refractivity contribution in [2.45, 2.75) is 37.8 Å². The first kappa shape index (κ1) is 26.4. The Hall–Kier alpha value is -1.88. The highest BCUT2D eigenvalue weighted by molar-refractivity contribution is 14.0. The quantitative estimate of drug-likeness (QED) is 0.295. The van der Waals surface area contributed by atoms with Crippen LogP contribution in [0.2, 0.25) is 0 Å². The fourth-order valence-electron chi connectivity index (χ4n) is 3.75. The summed E-state index contributed by atoms with van der Waals surface area (Å²) in [6, 6.07) is 11.4. The van der Waals surface area contributed by atoms with Gasteiger partial charge in [0, 0.05) is 50.0 Å². The summed E-state index contributed by atoms with van der Waals surface area (Å²) < 4.78 is 45.3. The van der Waals surface area contributed by atoms with Gasteiger partial charge in [0.25, 0.3) is 0 Å². The van der Waals surface area contributed by atoms with Crippen molar-refractivity contribution >= 4 is 29.9 Å². The van der Waals surface area contributed by atoms with E-state index in [9.17, 15) is 13.2 Å². The molecule has 2 aromatic rings. The lowest BCUT2D eigenvalue weighted by Crippen LogP contribution is -2.42. The number of nitrogens with one attached hydrogen (secondary N) is 2. The summed E-state index contributed by atoms with van der Waals surface area (Å²) in [5, 5.41) is 6.52. The average molecular weight is 562 g/mol. The van der Waals surface area contributed by atoms with Gasteiger partial charge < -0.3 is 15.4 Å². The van der Waals surface area contributed by atoms with Crippen molar-refractivity contribution in [1.29, 1.82) is 0 Å². The van der Waals surface area contributed by atoms with E-state index in [2.05, 4.69) is 15.6 Å². The van der Waals surface area contributed by atoms with E-state index >= 15 is 0 Å². The van der Waals surface area contributed by atoms with Gasteiger partial charge in [-0.25, -0.2) is 0 Å². The van der Waals surface area contributed by atoms with E-state index < -0.39 is 17.2 Å². The fraction of sp³-hybridized carbons (Fsp3) is 0.478. The molecular weight excluding hydrogens is 532 g/mol. The zero-order chi connectivity index (χ0) is 22.2. The van der Waals surface area contributed by atoms with Crippen molar-refractivity contribution in [2.75, 3.05) is 32.8 Å². The molecule has 0 amide bonds. The molecule has 176 valence electrons. The molecule has 5 nitrogen and oxygen atoms in total. The molecule has 2 N–H and O–H groups in total. The second kappa shape index (κ2) is 12.4. The van der Waals surface area contributed by atoms with Crippen molar-refractivity contribution in [3.63, 3.8) is 0 Å². The van der Waals surface area contributed by atoms with Gasteiger partial charge in [-0.2, -0.15) is 13.2 Å². The third-order valence-electron chi connectivity index (χ3n) is 5.54. The van der Waals surface area contributed by atoms with Crippen LogP contribution in [0.15, 0.2) is 53.7 Å². The van der Waals surface area contributed by atoms with Gasteiger partial charge in [-0.3, -0.25) is 9.98 Å². The van der Waals surface area contributed by atoms with Crippen LogP contribution in [0.5, 0.6) is 0 Å². The molecule has 32 heavy (non-hydrogen) atoms. The van der Waals surface area contributed by atoms with Crippen molar-refractivity contribution < 1.29 is 17.9 Å². The van der Waals surface area contributed by atoms with E-state index in [1.165, 1.54) is 12.1 Å². The van der Waals surface area contributed by atoms with Crippen LogP contribution in [0.1, 0.15) is 36.6 Å². The van der Waals surface area contributed by atoms with Crippen LogP contribution in [0.25, 0.3) is 0 Å². The van der Waals surface area contributed by atoms with Gasteiger partial charge in [-0.1, -0.05) is 24.3 Å². The molecule has 9 heteroatoms. The minimum Gasteiger partial charge on any atom is -0.381 e.